The van der Waals surface area contributed by atoms with Crippen LogP contribution >= 0.6 is 0 Å². The summed E-state index contributed by atoms with van der Waals surface area (Å²) in [5, 5.41) is 17.5. The molecule has 1 atom stereocenters. The SMILES string of the molecule is O=C(Cn1cccn1)Nc1nnc(C2CCCN2)o1. The highest BCUT2D eigenvalue weighted by Gasteiger charge is 2.22. The first-order valence-corrected chi connectivity index (χ1v) is 6.15. The normalized spacial score (nSPS) is 18.6. The molecular weight excluding hydrogens is 248 g/mol. The van der Waals surface area contributed by atoms with Crippen LogP contribution in [0.2, 0.25) is 0 Å². The van der Waals surface area contributed by atoms with Gasteiger partial charge in [0.25, 0.3) is 0 Å². The van der Waals surface area contributed by atoms with E-state index in [1.165, 1.54) is 4.68 Å². The smallest absolute Gasteiger partial charge is 0.322 e. The number of hydrogen-bond acceptors (Lipinski definition) is 6. The lowest BCUT2D eigenvalue weighted by atomic mass is 10.2. The fraction of sp³-hybridized carbons (Fsp3) is 0.455. The van der Waals surface area contributed by atoms with Gasteiger partial charge in [0, 0.05) is 12.4 Å². The van der Waals surface area contributed by atoms with Gasteiger partial charge in [-0.2, -0.15) is 5.10 Å². The van der Waals surface area contributed by atoms with E-state index in [4.69, 9.17) is 4.42 Å². The number of rotatable bonds is 4. The molecule has 0 aliphatic carbocycles. The van der Waals surface area contributed by atoms with Gasteiger partial charge in [-0.25, -0.2) is 0 Å². The Hall–Kier alpha value is -2.22. The Bertz CT molecular complexity index is 543. The van der Waals surface area contributed by atoms with Crippen molar-refractivity contribution in [2.24, 2.45) is 0 Å². The molecule has 1 saturated heterocycles. The molecule has 0 bridgehead atoms. The van der Waals surface area contributed by atoms with Crippen LogP contribution in [-0.2, 0) is 11.3 Å². The average molecular weight is 262 g/mol. The summed E-state index contributed by atoms with van der Waals surface area (Å²) in [4.78, 5) is 11.7. The molecule has 0 radical (unpaired) electrons. The summed E-state index contributed by atoms with van der Waals surface area (Å²) in [6, 6.07) is 1.98. The van der Waals surface area contributed by atoms with E-state index < -0.39 is 0 Å². The van der Waals surface area contributed by atoms with Crippen molar-refractivity contribution in [2.45, 2.75) is 25.4 Å². The van der Waals surface area contributed by atoms with Gasteiger partial charge in [0.15, 0.2) is 0 Å². The minimum absolute atomic E-state index is 0.101. The third kappa shape index (κ3) is 2.79. The maximum absolute atomic E-state index is 11.7. The Morgan fingerprint density at radius 1 is 1.58 bits per heavy atom. The molecule has 1 aliphatic rings. The van der Waals surface area contributed by atoms with Gasteiger partial charge in [0.1, 0.15) is 6.54 Å². The Labute approximate surface area is 109 Å². The number of hydrogen-bond donors (Lipinski definition) is 2. The van der Waals surface area contributed by atoms with Crippen LogP contribution in [0.1, 0.15) is 24.8 Å². The van der Waals surface area contributed by atoms with Gasteiger partial charge in [-0.05, 0) is 25.5 Å². The van der Waals surface area contributed by atoms with E-state index in [1.54, 1.807) is 18.5 Å². The Balaban J connectivity index is 1.59. The highest BCUT2D eigenvalue weighted by molar-refractivity contribution is 5.88. The third-order valence-electron chi connectivity index (χ3n) is 2.91. The molecule has 0 spiro atoms. The number of carbonyl (C=O) groups is 1. The lowest BCUT2D eigenvalue weighted by Gasteiger charge is -2.03. The number of carbonyl (C=O) groups excluding carboxylic acids is 1. The van der Waals surface area contributed by atoms with Crippen molar-refractivity contribution in [1.82, 2.24) is 25.3 Å². The van der Waals surface area contributed by atoms with Crippen LogP contribution in [0.15, 0.2) is 22.9 Å². The number of nitrogens with one attached hydrogen (secondary N) is 2. The molecule has 2 aromatic rings. The first kappa shape index (κ1) is 11.8. The predicted molar refractivity (Wildman–Crippen MR) is 65.1 cm³/mol. The van der Waals surface area contributed by atoms with Crippen molar-refractivity contribution in [3.63, 3.8) is 0 Å². The molecule has 0 saturated carbocycles. The minimum atomic E-state index is -0.252. The van der Waals surface area contributed by atoms with E-state index in [9.17, 15) is 4.79 Å². The minimum Gasteiger partial charge on any atom is -0.406 e. The van der Waals surface area contributed by atoms with E-state index in [0.717, 1.165) is 19.4 Å². The van der Waals surface area contributed by atoms with Gasteiger partial charge in [-0.1, -0.05) is 5.10 Å². The first-order chi connectivity index (χ1) is 9.31. The summed E-state index contributed by atoms with van der Waals surface area (Å²) in [6.07, 6.45) is 5.39. The zero-order valence-electron chi connectivity index (χ0n) is 10.2. The van der Waals surface area contributed by atoms with Crippen molar-refractivity contribution >= 4 is 11.9 Å². The molecular formula is C11H14N6O2. The molecule has 19 heavy (non-hydrogen) atoms. The Morgan fingerprint density at radius 3 is 3.26 bits per heavy atom. The van der Waals surface area contributed by atoms with Gasteiger partial charge in [-0.3, -0.25) is 14.8 Å². The highest BCUT2D eigenvalue weighted by atomic mass is 16.4. The number of aromatic nitrogens is 4. The molecule has 1 fully saturated rings. The van der Waals surface area contributed by atoms with Crippen LogP contribution in [-0.4, -0.2) is 32.4 Å². The fourth-order valence-electron chi connectivity index (χ4n) is 2.02. The largest absolute Gasteiger partial charge is 0.406 e. The topological polar surface area (TPSA) is 97.9 Å². The maximum Gasteiger partial charge on any atom is 0.322 e. The molecule has 100 valence electrons. The number of amides is 1. The molecule has 2 N–H and O–H groups in total. The number of anilines is 1. The average Bonchev–Trinajstić information content (AvgIpc) is 3.09. The van der Waals surface area contributed by atoms with Crippen LogP contribution in [0.25, 0.3) is 0 Å². The van der Waals surface area contributed by atoms with Crippen molar-refractivity contribution in [3.05, 3.63) is 24.4 Å². The summed E-state index contributed by atoms with van der Waals surface area (Å²) < 4.78 is 6.93. The molecule has 8 heteroatoms. The van der Waals surface area contributed by atoms with Crippen LogP contribution in [0.5, 0.6) is 0 Å². The van der Waals surface area contributed by atoms with Gasteiger partial charge in [0.2, 0.25) is 11.8 Å². The standard InChI is InChI=1S/C11H14N6O2/c18-9(7-17-6-2-5-13-17)14-11-16-15-10(19-11)8-3-1-4-12-8/h2,5-6,8,12H,1,3-4,7H2,(H,14,16,18). The van der Waals surface area contributed by atoms with E-state index in [2.05, 4.69) is 25.9 Å². The Morgan fingerprint density at radius 2 is 2.53 bits per heavy atom. The summed E-state index contributed by atoms with van der Waals surface area (Å²) in [7, 11) is 0. The predicted octanol–water partition coefficient (Wildman–Crippen LogP) is 0.329. The molecule has 3 rings (SSSR count). The summed E-state index contributed by atoms with van der Waals surface area (Å²) in [5.74, 6) is 0.269. The quantitative estimate of drug-likeness (QED) is 0.824. The fourth-order valence-corrected chi connectivity index (χ4v) is 2.02. The van der Waals surface area contributed by atoms with Gasteiger partial charge in [-0.15, -0.1) is 5.10 Å². The zero-order chi connectivity index (χ0) is 13.1. The lowest BCUT2D eigenvalue weighted by molar-refractivity contribution is -0.117. The summed E-state index contributed by atoms with van der Waals surface area (Å²) >= 11 is 0. The van der Waals surface area contributed by atoms with Gasteiger partial charge < -0.3 is 9.73 Å². The van der Waals surface area contributed by atoms with Crippen molar-refractivity contribution in [3.8, 4) is 0 Å². The maximum atomic E-state index is 11.7. The molecule has 8 nitrogen and oxygen atoms in total. The van der Waals surface area contributed by atoms with E-state index in [-0.39, 0.29) is 24.5 Å². The van der Waals surface area contributed by atoms with Crippen LogP contribution < -0.4 is 10.6 Å². The van der Waals surface area contributed by atoms with Gasteiger partial charge in [0.05, 0.1) is 6.04 Å². The summed E-state index contributed by atoms with van der Waals surface area (Å²) in [5.41, 5.74) is 0. The van der Waals surface area contributed by atoms with Crippen molar-refractivity contribution in [1.29, 1.82) is 0 Å². The van der Waals surface area contributed by atoms with E-state index in [1.807, 2.05) is 0 Å². The highest BCUT2D eigenvalue weighted by Crippen LogP contribution is 2.22. The second-order valence-corrected chi connectivity index (χ2v) is 4.35. The molecule has 1 unspecified atom stereocenters. The van der Waals surface area contributed by atoms with E-state index in [0.29, 0.717) is 5.89 Å². The molecule has 3 heterocycles. The monoisotopic (exact) mass is 262 g/mol. The molecule has 1 amide bonds. The zero-order valence-corrected chi connectivity index (χ0v) is 10.2. The third-order valence-corrected chi connectivity index (χ3v) is 2.91. The second kappa shape index (κ2) is 5.19. The van der Waals surface area contributed by atoms with Crippen molar-refractivity contribution < 1.29 is 9.21 Å². The second-order valence-electron chi connectivity index (χ2n) is 4.35. The van der Waals surface area contributed by atoms with Crippen molar-refractivity contribution in [2.75, 3.05) is 11.9 Å². The van der Waals surface area contributed by atoms with Crippen LogP contribution in [0.3, 0.4) is 0 Å². The van der Waals surface area contributed by atoms with Crippen LogP contribution in [0, 0.1) is 0 Å². The summed E-state index contributed by atoms with van der Waals surface area (Å²) in [6.45, 7) is 1.07. The first-order valence-electron chi connectivity index (χ1n) is 6.15. The van der Waals surface area contributed by atoms with Gasteiger partial charge >= 0.3 is 6.01 Å². The molecule has 2 aromatic heterocycles. The molecule has 0 aromatic carbocycles. The van der Waals surface area contributed by atoms with E-state index >= 15 is 0 Å². The van der Waals surface area contributed by atoms with Crippen LogP contribution in [0.4, 0.5) is 6.01 Å². The Kier molecular flexibility index (Phi) is 3.23. The molecule has 1 aliphatic heterocycles. The number of nitrogens with zero attached hydrogens (tertiary/aromatic N) is 4. The lowest BCUT2D eigenvalue weighted by Crippen LogP contribution is -2.19.